The molecule has 0 bridgehead atoms. The van der Waals surface area contributed by atoms with Gasteiger partial charge < -0.3 is 10.6 Å². The number of nitrogens with one attached hydrogen (secondary N) is 2. The number of amides is 2. The molecule has 0 saturated heterocycles. The Hall–Kier alpha value is -4.40. The average Bonchev–Trinajstić information content (AvgIpc) is 3.38. The van der Waals surface area contributed by atoms with Gasteiger partial charge in [-0.25, -0.2) is 4.68 Å². The minimum absolute atomic E-state index is 0.186. The Bertz CT molecular complexity index is 1180. The number of tetrazole rings is 1. The summed E-state index contributed by atoms with van der Waals surface area (Å²) < 4.78 is 1.47. The average molecular weight is 441 g/mol. The molecule has 9 nitrogen and oxygen atoms in total. The zero-order valence-corrected chi connectivity index (χ0v) is 18.0. The third kappa shape index (κ3) is 5.65. The normalized spacial score (nSPS) is 12.5. The molecule has 4 aromatic rings. The number of anilines is 1. The Morgan fingerprint density at radius 1 is 0.970 bits per heavy atom. The van der Waals surface area contributed by atoms with Gasteiger partial charge in [0.05, 0.1) is 6.04 Å². The maximum atomic E-state index is 13.1. The van der Waals surface area contributed by atoms with Crippen LogP contribution in [0, 0.1) is 0 Å². The Kier molecular flexibility index (Phi) is 6.79. The van der Waals surface area contributed by atoms with Crippen molar-refractivity contribution in [1.29, 1.82) is 0 Å². The van der Waals surface area contributed by atoms with Gasteiger partial charge in [-0.1, -0.05) is 42.5 Å². The van der Waals surface area contributed by atoms with E-state index in [2.05, 4.69) is 31.1 Å². The minimum atomic E-state index is -0.580. The first-order chi connectivity index (χ1) is 16.1. The Balaban J connectivity index is 1.41. The third-order valence-electron chi connectivity index (χ3n) is 5.23. The van der Waals surface area contributed by atoms with E-state index in [1.54, 1.807) is 36.7 Å². The zero-order chi connectivity index (χ0) is 23.0. The maximum Gasteiger partial charge on any atom is 0.255 e. The standard InChI is InChI=1S/C24H23N7O2/c1-17(19-7-9-21(10-8-19)28-23(32)20-11-13-25-14-12-20)27-24(33)22(31-16-26-29-30-31)15-18-5-3-2-4-6-18/h2-14,16-17,22H,15H2,1H3,(H,27,33)(H,28,32). The van der Waals surface area contributed by atoms with E-state index >= 15 is 0 Å². The number of rotatable bonds is 8. The second kappa shape index (κ2) is 10.3. The molecule has 2 aromatic heterocycles. The van der Waals surface area contributed by atoms with Gasteiger partial charge in [-0.05, 0) is 52.7 Å². The Morgan fingerprint density at radius 3 is 2.36 bits per heavy atom. The highest BCUT2D eigenvalue weighted by Crippen LogP contribution is 2.19. The number of pyridine rings is 1. The van der Waals surface area contributed by atoms with E-state index in [1.165, 1.54) is 11.0 Å². The van der Waals surface area contributed by atoms with Crippen LogP contribution in [-0.4, -0.2) is 37.0 Å². The number of carbonyl (C=O) groups is 2. The molecule has 4 rings (SSSR count). The summed E-state index contributed by atoms with van der Waals surface area (Å²) in [6.07, 6.45) is 5.05. The van der Waals surface area contributed by atoms with Crippen molar-refractivity contribution >= 4 is 17.5 Å². The Labute approximate surface area is 190 Å². The summed E-state index contributed by atoms with van der Waals surface area (Å²) in [6.45, 7) is 1.90. The molecule has 9 heteroatoms. The third-order valence-corrected chi connectivity index (χ3v) is 5.23. The molecule has 0 saturated carbocycles. The van der Waals surface area contributed by atoms with Crippen LogP contribution >= 0.6 is 0 Å². The fraction of sp³-hybridized carbons (Fsp3) is 0.167. The molecule has 0 radical (unpaired) electrons. The Morgan fingerprint density at radius 2 is 1.70 bits per heavy atom. The smallest absolute Gasteiger partial charge is 0.255 e. The quantitative estimate of drug-likeness (QED) is 0.434. The molecular formula is C24H23N7O2. The van der Waals surface area contributed by atoms with Crippen LogP contribution in [0.3, 0.4) is 0 Å². The molecule has 2 aromatic carbocycles. The highest BCUT2D eigenvalue weighted by atomic mass is 16.2. The van der Waals surface area contributed by atoms with Crippen molar-refractivity contribution in [2.24, 2.45) is 0 Å². The fourth-order valence-corrected chi connectivity index (χ4v) is 3.41. The fourth-order valence-electron chi connectivity index (χ4n) is 3.41. The number of hydrogen-bond acceptors (Lipinski definition) is 6. The van der Waals surface area contributed by atoms with Crippen LogP contribution < -0.4 is 10.6 Å². The summed E-state index contributed by atoms with van der Waals surface area (Å²) >= 11 is 0. The first kappa shape index (κ1) is 21.8. The van der Waals surface area contributed by atoms with Gasteiger partial charge in [0.15, 0.2) is 0 Å². The molecule has 2 N–H and O–H groups in total. The van der Waals surface area contributed by atoms with Crippen LogP contribution in [0.15, 0.2) is 85.5 Å². The molecule has 33 heavy (non-hydrogen) atoms. The molecule has 0 aliphatic carbocycles. The summed E-state index contributed by atoms with van der Waals surface area (Å²) in [5.41, 5.74) is 3.10. The van der Waals surface area contributed by atoms with E-state index in [1.807, 2.05) is 49.4 Å². The van der Waals surface area contributed by atoms with E-state index in [0.717, 1.165) is 11.1 Å². The number of carbonyl (C=O) groups excluding carboxylic acids is 2. The first-order valence-electron chi connectivity index (χ1n) is 10.5. The number of benzene rings is 2. The van der Waals surface area contributed by atoms with Gasteiger partial charge in [0.1, 0.15) is 12.4 Å². The largest absolute Gasteiger partial charge is 0.348 e. The van der Waals surface area contributed by atoms with E-state index in [-0.39, 0.29) is 17.9 Å². The highest BCUT2D eigenvalue weighted by Gasteiger charge is 2.24. The van der Waals surface area contributed by atoms with Crippen molar-refractivity contribution in [3.05, 3.63) is 102 Å². The van der Waals surface area contributed by atoms with Crippen molar-refractivity contribution in [2.75, 3.05) is 5.32 Å². The molecular weight excluding hydrogens is 418 g/mol. The van der Waals surface area contributed by atoms with Crippen LogP contribution in [-0.2, 0) is 11.2 Å². The second-order valence-electron chi connectivity index (χ2n) is 7.54. The summed E-state index contributed by atoms with van der Waals surface area (Å²) in [7, 11) is 0. The molecule has 0 spiro atoms. The monoisotopic (exact) mass is 441 g/mol. The van der Waals surface area contributed by atoms with Gasteiger partial charge >= 0.3 is 0 Å². The minimum Gasteiger partial charge on any atom is -0.348 e. The van der Waals surface area contributed by atoms with Crippen molar-refractivity contribution in [3.8, 4) is 0 Å². The van der Waals surface area contributed by atoms with Gasteiger partial charge in [-0.3, -0.25) is 14.6 Å². The number of hydrogen-bond donors (Lipinski definition) is 2. The molecule has 2 unspecified atom stereocenters. The van der Waals surface area contributed by atoms with Crippen LogP contribution in [0.4, 0.5) is 5.69 Å². The zero-order valence-electron chi connectivity index (χ0n) is 18.0. The lowest BCUT2D eigenvalue weighted by Gasteiger charge is -2.20. The summed E-state index contributed by atoms with van der Waals surface area (Å²) in [6, 6.07) is 19.5. The molecule has 166 valence electrons. The SMILES string of the molecule is CC(NC(=O)C(Cc1ccccc1)n1cnnn1)c1ccc(NC(=O)c2ccncc2)cc1. The van der Waals surface area contributed by atoms with Crippen molar-refractivity contribution in [3.63, 3.8) is 0 Å². The van der Waals surface area contributed by atoms with E-state index in [4.69, 9.17) is 0 Å². The molecule has 2 atom stereocenters. The van der Waals surface area contributed by atoms with E-state index in [9.17, 15) is 9.59 Å². The van der Waals surface area contributed by atoms with Crippen molar-refractivity contribution < 1.29 is 9.59 Å². The molecule has 0 fully saturated rings. The van der Waals surface area contributed by atoms with Crippen molar-refractivity contribution in [1.82, 2.24) is 30.5 Å². The maximum absolute atomic E-state index is 13.1. The van der Waals surface area contributed by atoms with Crippen molar-refractivity contribution in [2.45, 2.75) is 25.4 Å². The van der Waals surface area contributed by atoms with E-state index in [0.29, 0.717) is 17.7 Å². The lowest BCUT2D eigenvalue weighted by Crippen LogP contribution is -2.35. The lowest BCUT2D eigenvalue weighted by molar-refractivity contribution is -0.125. The molecule has 0 aliphatic rings. The van der Waals surface area contributed by atoms with Gasteiger partial charge in [-0.2, -0.15) is 0 Å². The van der Waals surface area contributed by atoms with Crippen LogP contribution in [0.5, 0.6) is 0 Å². The summed E-state index contributed by atoms with van der Waals surface area (Å²) in [5, 5.41) is 17.2. The second-order valence-corrected chi connectivity index (χ2v) is 7.54. The molecule has 2 heterocycles. The molecule has 2 amide bonds. The molecule has 0 aliphatic heterocycles. The van der Waals surface area contributed by atoms with Crippen LogP contribution in [0.1, 0.15) is 40.5 Å². The van der Waals surface area contributed by atoms with Gasteiger partial charge in [0, 0.05) is 30.1 Å². The lowest BCUT2D eigenvalue weighted by atomic mass is 10.0. The first-order valence-corrected chi connectivity index (χ1v) is 10.5. The van der Waals surface area contributed by atoms with Gasteiger partial charge in [0.2, 0.25) is 5.91 Å². The highest BCUT2D eigenvalue weighted by molar-refractivity contribution is 6.04. The topological polar surface area (TPSA) is 115 Å². The van der Waals surface area contributed by atoms with E-state index < -0.39 is 6.04 Å². The van der Waals surface area contributed by atoms with Crippen LogP contribution in [0.25, 0.3) is 0 Å². The predicted molar refractivity (Wildman–Crippen MR) is 122 cm³/mol. The van der Waals surface area contributed by atoms with Gasteiger partial charge in [-0.15, -0.1) is 5.10 Å². The number of aromatic nitrogens is 5. The summed E-state index contributed by atoms with van der Waals surface area (Å²) in [4.78, 5) is 29.3. The number of nitrogens with zero attached hydrogens (tertiary/aromatic N) is 5. The predicted octanol–water partition coefficient (Wildman–Crippen LogP) is 2.98. The van der Waals surface area contributed by atoms with Crippen LogP contribution in [0.2, 0.25) is 0 Å². The van der Waals surface area contributed by atoms with Gasteiger partial charge in [0.25, 0.3) is 5.91 Å². The summed E-state index contributed by atoms with van der Waals surface area (Å²) in [5.74, 6) is -0.398.